The van der Waals surface area contributed by atoms with Gasteiger partial charge in [-0.2, -0.15) is 0 Å². The van der Waals surface area contributed by atoms with E-state index in [1.54, 1.807) is 11.3 Å². The monoisotopic (exact) mass is 386 g/mol. The lowest BCUT2D eigenvalue weighted by atomic mass is 10.1. The molecule has 0 spiro atoms. The van der Waals surface area contributed by atoms with Crippen LogP contribution in [0.5, 0.6) is 5.75 Å². The molecule has 4 nitrogen and oxygen atoms in total. The van der Waals surface area contributed by atoms with Gasteiger partial charge in [0.25, 0.3) is 0 Å². The van der Waals surface area contributed by atoms with E-state index < -0.39 is 11.6 Å². The Balaban J connectivity index is 1.32. The third-order valence-electron chi connectivity index (χ3n) is 4.07. The number of thiophene rings is 1. The fourth-order valence-corrected chi connectivity index (χ4v) is 3.54. The quantitative estimate of drug-likeness (QED) is 0.454. The first-order chi connectivity index (χ1) is 13.2. The highest BCUT2D eigenvalue weighted by molar-refractivity contribution is 7.17. The smallest absolute Gasteiger partial charge is 0.178 e. The Bertz CT molecular complexity index is 1060. The highest BCUT2D eigenvalue weighted by Gasteiger charge is 2.12. The maximum atomic E-state index is 13.6. The molecule has 0 saturated carbocycles. The van der Waals surface area contributed by atoms with Crippen LogP contribution in [0.3, 0.4) is 0 Å². The standard InChI is InChI=1S/C20H16F2N2O2S/c21-15-5-4-14(17(22)11-15)12-23-7-8-25-16-3-1-2-13(10-16)19-20-18(26-24-19)6-9-27-20/h1-6,9-11,23H,7-8,12H2. The molecular formula is C20H16F2N2O2S. The largest absolute Gasteiger partial charge is 0.492 e. The lowest BCUT2D eigenvalue weighted by molar-refractivity contribution is 0.313. The van der Waals surface area contributed by atoms with Crippen molar-refractivity contribution in [1.82, 2.24) is 10.5 Å². The van der Waals surface area contributed by atoms with Crippen molar-refractivity contribution in [2.45, 2.75) is 6.54 Å². The van der Waals surface area contributed by atoms with Gasteiger partial charge in [0, 0.05) is 30.3 Å². The van der Waals surface area contributed by atoms with E-state index in [0.717, 1.165) is 33.4 Å². The number of rotatable bonds is 7. The minimum Gasteiger partial charge on any atom is -0.492 e. The molecule has 1 N–H and O–H groups in total. The molecule has 2 aromatic carbocycles. The second-order valence-corrected chi connectivity index (χ2v) is 6.85. The molecule has 138 valence electrons. The van der Waals surface area contributed by atoms with E-state index in [-0.39, 0.29) is 0 Å². The Morgan fingerprint density at radius 2 is 2.04 bits per heavy atom. The van der Waals surface area contributed by atoms with Gasteiger partial charge in [-0.1, -0.05) is 23.4 Å². The van der Waals surface area contributed by atoms with Crippen LogP contribution >= 0.6 is 11.3 Å². The average Bonchev–Trinajstić information content (AvgIpc) is 3.27. The van der Waals surface area contributed by atoms with E-state index in [1.165, 1.54) is 12.1 Å². The molecule has 4 rings (SSSR count). The van der Waals surface area contributed by atoms with Gasteiger partial charge in [-0.25, -0.2) is 8.78 Å². The predicted octanol–water partition coefficient (Wildman–Crippen LogP) is 5.00. The van der Waals surface area contributed by atoms with E-state index in [9.17, 15) is 8.78 Å². The normalized spacial score (nSPS) is 11.2. The Morgan fingerprint density at radius 3 is 2.93 bits per heavy atom. The van der Waals surface area contributed by atoms with Crippen molar-refractivity contribution in [1.29, 1.82) is 0 Å². The van der Waals surface area contributed by atoms with Crippen LogP contribution in [0.4, 0.5) is 8.78 Å². The zero-order valence-corrected chi connectivity index (χ0v) is 15.1. The molecule has 0 aliphatic rings. The Hall–Kier alpha value is -2.77. The Kier molecular flexibility index (Phi) is 5.13. The molecule has 2 heterocycles. The summed E-state index contributed by atoms with van der Waals surface area (Å²) < 4.78 is 38.5. The van der Waals surface area contributed by atoms with Crippen molar-refractivity contribution >= 4 is 21.6 Å². The molecule has 0 amide bonds. The van der Waals surface area contributed by atoms with Crippen molar-refractivity contribution in [3.8, 4) is 17.0 Å². The summed E-state index contributed by atoms with van der Waals surface area (Å²) in [6, 6.07) is 13.1. The molecule has 4 aromatic rings. The lowest BCUT2D eigenvalue weighted by Crippen LogP contribution is -2.21. The second kappa shape index (κ2) is 7.85. The summed E-state index contributed by atoms with van der Waals surface area (Å²) in [6.07, 6.45) is 0. The van der Waals surface area contributed by atoms with Crippen molar-refractivity contribution in [3.05, 3.63) is 71.1 Å². The van der Waals surface area contributed by atoms with Crippen molar-refractivity contribution in [3.63, 3.8) is 0 Å². The highest BCUT2D eigenvalue weighted by atomic mass is 32.1. The fraction of sp³-hybridized carbons (Fsp3) is 0.150. The number of hydrogen-bond acceptors (Lipinski definition) is 5. The minimum atomic E-state index is -0.577. The summed E-state index contributed by atoms with van der Waals surface area (Å²) in [5, 5.41) is 9.18. The molecule has 0 radical (unpaired) electrons. The van der Waals surface area contributed by atoms with Gasteiger partial charge in [0.2, 0.25) is 0 Å². The number of nitrogens with one attached hydrogen (secondary N) is 1. The third-order valence-corrected chi connectivity index (χ3v) is 4.97. The third kappa shape index (κ3) is 3.99. The number of aromatic nitrogens is 1. The predicted molar refractivity (Wildman–Crippen MR) is 101 cm³/mol. The zero-order chi connectivity index (χ0) is 18.6. The van der Waals surface area contributed by atoms with Gasteiger partial charge in [-0.15, -0.1) is 11.3 Å². The molecule has 0 aliphatic heterocycles. The molecule has 7 heteroatoms. The zero-order valence-electron chi connectivity index (χ0n) is 14.2. The van der Waals surface area contributed by atoms with Gasteiger partial charge in [0.05, 0.1) is 0 Å². The van der Waals surface area contributed by atoms with Crippen LogP contribution in [0.15, 0.2) is 58.4 Å². The van der Waals surface area contributed by atoms with Crippen LogP contribution in [-0.4, -0.2) is 18.3 Å². The highest BCUT2D eigenvalue weighted by Crippen LogP contribution is 2.33. The molecule has 27 heavy (non-hydrogen) atoms. The summed E-state index contributed by atoms with van der Waals surface area (Å²) in [5.41, 5.74) is 2.92. The molecule has 0 aliphatic carbocycles. The van der Waals surface area contributed by atoms with Crippen LogP contribution in [0.1, 0.15) is 5.56 Å². The van der Waals surface area contributed by atoms with Gasteiger partial charge in [-0.3, -0.25) is 0 Å². The maximum absolute atomic E-state index is 13.6. The summed E-state index contributed by atoms with van der Waals surface area (Å²) in [7, 11) is 0. The van der Waals surface area contributed by atoms with E-state index in [1.807, 2.05) is 35.7 Å². The van der Waals surface area contributed by atoms with Crippen molar-refractivity contribution < 1.29 is 18.0 Å². The van der Waals surface area contributed by atoms with Crippen LogP contribution in [-0.2, 0) is 6.54 Å². The van der Waals surface area contributed by atoms with Gasteiger partial charge in [-0.05, 0) is 29.6 Å². The van der Waals surface area contributed by atoms with E-state index in [2.05, 4.69) is 10.5 Å². The Labute approximate surface area is 158 Å². The summed E-state index contributed by atoms with van der Waals surface area (Å²) in [4.78, 5) is 0. The Morgan fingerprint density at radius 1 is 1.11 bits per heavy atom. The van der Waals surface area contributed by atoms with Crippen molar-refractivity contribution in [2.24, 2.45) is 0 Å². The maximum Gasteiger partial charge on any atom is 0.178 e. The van der Waals surface area contributed by atoms with Gasteiger partial charge >= 0.3 is 0 Å². The second-order valence-electron chi connectivity index (χ2n) is 5.93. The van der Waals surface area contributed by atoms with Crippen molar-refractivity contribution in [2.75, 3.05) is 13.2 Å². The van der Waals surface area contributed by atoms with Gasteiger partial charge in [0.1, 0.15) is 34.4 Å². The molecular weight excluding hydrogens is 370 g/mol. The van der Waals surface area contributed by atoms with E-state index in [0.29, 0.717) is 25.3 Å². The number of halogens is 2. The van der Waals surface area contributed by atoms with Gasteiger partial charge in [0.15, 0.2) is 5.58 Å². The number of fused-ring (bicyclic) bond motifs is 1. The first kappa shape index (κ1) is 17.6. The van der Waals surface area contributed by atoms with E-state index in [4.69, 9.17) is 9.26 Å². The van der Waals surface area contributed by atoms with Gasteiger partial charge < -0.3 is 14.6 Å². The van der Waals surface area contributed by atoms with Crippen LogP contribution in [0.25, 0.3) is 21.5 Å². The molecule has 2 aromatic heterocycles. The van der Waals surface area contributed by atoms with Crippen LogP contribution < -0.4 is 10.1 Å². The molecule has 0 saturated heterocycles. The lowest BCUT2D eigenvalue weighted by Gasteiger charge is -2.09. The minimum absolute atomic E-state index is 0.310. The summed E-state index contributed by atoms with van der Waals surface area (Å²) in [6.45, 7) is 1.25. The first-order valence-corrected chi connectivity index (χ1v) is 9.29. The van der Waals surface area contributed by atoms with Crippen LogP contribution in [0, 0.1) is 11.6 Å². The number of benzene rings is 2. The fourth-order valence-electron chi connectivity index (χ4n) is 2.72. The first-order valence-electron chi connectivity index (χ1n) is 8.41. The SMILES string of the molecule is Fc1ccc(CNCCOc2cccc(-c3noc4ccsc34)c2)c(F)c1. The topological polar surface area (TPSA) is 47.3 Å². The summed E-state index contributed by atoms with van der Waals surface area (Å²) in [5.74, 6) is -0.412. The van der Waals surface area contributed by atoms with Crippen LogP contribution in [0.2, 0.25) is 0 Å². The molecule has 0 unspecified atom stereocenters. The number of hydrogen-bond donors (Lipinski definition) is 1. The molecule has 0 fully saturated rings. The molecule has 0 bridgehead atoms. The average molecular weight is 386 g/mol. The summed E-state index contributed by atoms with van der Waals surface area (Å²) >= 11 is 1.58. The molecule has 0 atom stereocenters. The number of nitrogens with zero attached hydrogens (tertiary/aromatic N) is 1. The van der Waals surface area contributed by atoms with E-state index >= 15 is 0 Å². The number of ether oxygens (including phenoxy) is 1.